The molecule has 27 heavy (non-hydrogen) atoms. The second kappa shape index (κ2) is 5.96. The Balaban J connectivity index is 1.69. The van der Waals surface area contributed by atoms with Crippen molar-refractivity contribution in [3.05, 3.63) is 68.0 Å². The average molecular weight is 390 g/mol. The Morgan fingerprint density at radius 2 is 1.89 bits per heavy atom. The monoisotopic (exact) mass is 389 g/mol. The molecular weight excluding hydrogens is 376 g/mol. The number of hydrogen-bond donors (Lipinski definition) is 0. The molecule has 138 valence electrons. The second-order valence-electron chi connectivity index (χ2n) is 6.81. The van der Waals surface area contributed by atoms with Crippen molar-refractivity contribution in [2.24, 2.45) is 0 Å². The Morgan fingerprint density at radius 3 is 2.70 bits per heavy atom. The van der Waals surface area contributed by atoms with Crippen LogP contribution in [-0.2, 0) is 19.4 Å². The molecule has 0 spiro atoms. The molecule has 2 aromatic carbocycles. The van der Waals surface area contributed by atoms with Gasteiger partial charge in [-0.2, -0.15) is 0 Å². The Kier molecular flexibility index (Phi) is 3.65. The van der Waals surface area contributed by atoms with Crippen LogP contribution in [0.3, 0.4) is 0 Å². The molecule has 1 aliphatic carbocycles. The number of benzene rings is 2. The molecule has 0 saturated carbocycles. The van der Waals surface area contributed by atoms with Crippen LogP contribution < -0.4 is 15.3 Å². The highest BCUT2D eigenvalue weighted by Crippen LogP contribution is 2.42. The van der Waals surface area contributed by atoms with Crippen molar-refractivity contribution in [1.29, 1.82) is 0 Å². The van der Waals surface area contributed by atoms with Crippen molar-refractivity contribution in [1.82, 2.24) is 0 Å². The summed E-state index contributed by atoms with van der Waals surface area (Å²) in [6.07, 6.45) is 2.40. The van der Waals surface area contributed by atoms with Crippen LogP contribution in [0.1, 0.15) is 23.1 Å². The number of hydrogen-bond acceptors (Lipinski definition) is 4. The predicted molar refractivity (Wildman–Crippen MR) is 97.6 cm³/mol. The quantitative estimate of drug-likeness (QED) is 0.572. The number of halogens is 3. The topological polar surface area (TPSA) is 42.7 Å². The molecule has 1 aliphatic heterocycles. The van der Waals surface area contributed by atoms with Gasteiger partial charge in [-0.1, -0.05) is 11.6 Å². The summed E-state index contributed by atoms with van der Waals surface area (Å²) in [5.74, 6) is -0.899. The van der Waals surface area contributed by atoms with E-state index in [1.165, 1.54) is 12.1 Å². The molecule has 4 nitrogen and oxygen atoms in total. The van der Waals surface area contributed by atoms with Crippen molar-refractivity contribution in [2.75, 3.05) is 11.6 Å². The molecule has 0 unspecified atom stereocenters. The van der Waals surface area contributed by atoms with E-state index < -0.39 is 11.6 Å². The third kappa shape index (κ3) is 2.51. The summed E-state index contributed by atoms with van der Waals surface area (Å²) in [5, 5.41) is 1.23. The maximum atomic E-state index is 14.2. The molecule has 1 aromatic heterocycles. The Morgan fingerprint density at radius 1 is 1.07 bits per heavy atom. The summed E-state index contributed by atoms with van der Waals surface area (Å²) in [5.41, 5.74) is 2.56. The third-order valence-corrected chi connectivity index (χ3v) is 5.51. The summed E-state index contributed by atoms with van der Waals surface area (Å²) < 4.78 is 38.8. The van der Waals surface area contributed by atoms with Crippen LogP contribution >= 0.6 is 11.6 Å². The Labute approximate surface area is 157 Å². The molecule has 0 amide bonds. The van der Waals surface area contributed by atoms with Crippen molar-refractivity contribution >= 4 is 28.3 Å². The van der Waals surface area contributed by atoms with Gasteiger partial charge < -0.3 is 14.1 Å². The van der Waals surface area contributed by atoms with Gasteiger partial charge in [-0.25, -0.2) is 13.6 Å². The van der Waals surface area contributed by atoms with Gasteiger partial charge in [0.05, 0.1) is 22.8 Å². The Bertz CT molecular complexity index is 1160. The fourth-order valence-corrected chi connectivity index (χ4v) is 4.28. The zero-order chi connectivity index (χ0) is 18.7. The maximum absolute atomic E-state index is 14.2. The van der Waals surface area contributed by atoms with Crippen LogP contribution in [0.4, 0.5) is 14.5 Å². The molecule has 0 atom stereocenters. The first-order valence-electron chi connectivity index (χ1n) is 8.65. The summed E-state index contributed by atoms with van der Waals surface area (Å²) in [6, 6.07) is 5.15. The first kappa shape index (κ1) is 16.6. The molecule has 0 radical (unpaired) electrons. The van der Waals surface area contributed by atoms with Gasteiger partial charge in [-0.15, -0.1) is 0 Å². The minimum absolute atomic E-state index is 0.0515. The maximum Gasteiger partial charge on any atom is 0.339 e. The van der Waals surface area contributed by atoms with Crippen LogP contribution in [-0.4, -0.2) is 6.73 Å². The Hall–Kier alpha value is -2.60. The molecule has 0 saturated heterocycles. The summed E-state index contributed by atoms with van der Waals surface area (Å²) >= 11 is 6.42. The van der Waals surface area contributed by atoms with E-state index in [0.29, 0.717) is 33.9 Å². The van der Waals surface area contributed by atoms with E-state index in [2.05, 4.69) is 0 Å². The molecule has 3 aromatic rings. The standard InChI is InChI=1S/C20H14ClF2NO3/c21-15-7-13-11-2-1-3-12(11)20(25)27-18(13)14-8-24(9-26-19(14)15)17-5-4-10(22)6-16(17)23/h4-7H,1-3,8-9H2. The minimum Gasteiger partial charge on any atom is -0.471 e. The van der Waals surface area contributed by atoms with E-state index >= 15 is 0 Å². The normalized spacial score (nSPS) is 15.6. The number of anilines is 1. The van der Waals surface area contributed by atoms with Crippen LogP contribution in [0.15, 0.2) is 33.5 Å². The predicted octanol–water partition coefficient (Wildman–Crippen LogP) is 4.57. The van der Waals surface area contributed by atoms with E-state index in [4.69, 9.17) is 20.8 Å². The lowest BCUT2D eigenvalue weighted by Crippen LogP contribution is -2.33. The molecule has 5 rings (SSSR count). The molecular formula is C20H14ClF2NO3. The molecule has 2 heterocycles. The smallest absolute Gasteiger partial charge is 0.339 e. The fraction of sp³-hybridized carbons (Fsp3) is 0.250. The summed E-state index contributed by atoms with van der Waals surface area (Å²) in [6.45, 7) is 0.284. The van der Waals surface area contributed by atoms with Gasteiger partial charge in [-0.05, 0) is 43.0 Å². The third-order valence-electron chi connectivity index (χ3n) is 5.23. The van der Waals surface area contributed by atoms with Crippen LogP contribution in [0.5, 0.6) is 5.75 Å². The molecule has 2 aliphatic rings. The molecule has 0 bridgehead atoms. The van der Waals surface area contributed by atoms with Crippen molar-refractivity contribution in [3.8, 4) is 5.75 Å². The number of ether oxygens (including phenoxy) is 1. The highest BCUT2D eigenvalue weighted by atomic mass is 35.5. The van der Waals surface area contributed by atoms with Gasteiger partial charge >= 0.3 is 5.63 Å². The average Bonchev–Trinajstić information content (AvgIpc) is 3.14. The zero-order valence-corrected chi connectivity index (χ0v) is 14.9. The van der Waals surface area contributed by atoms with Gasteiger partial charge in [0.15, 0.2) is 6.73 Å². The summed E-state index contributed by atoms with van der Waals surface area (Å²) in [4.78, 5) is 14.0. The SMILES string of the molecule is O=c1oc2c3c(c(Cl)cc2c2c1CCC2)OCN(c1ccc(F)cc1F)C3. The van der Waals surface area contributed by atoms with E-state index in [1.54, 1.807) is 11.0 Å². The van der Waals surface area contributed by atoms with Gasteiger partial charge in [-0.3, -0.25) is 0 Å². The molecule has 0 N–H and O–H groups in total. The summed E-state index contributed by atoms with van der Waals surface area (Å²) in [7, 11) is 0. The van der Waals surface area contributed by atoms with E-state index in [9.17, 15) is 13.6 Å². The largest absolute Gasteiger partial charge is 0.471 e. The fourth-order valence-electron chi connectivity index (χ4n) is 4.00. The minimum atomic E-state index is -0.685. The van der Waals surface area contributed by atoms with Gasteiger partial charge in [0.2, 0.25) is 0 Å². The van der Waals surface area contributed by atoms with E-state index in [-0.39, 0.29) is 24.6 Å². The van der Waals surface area contributed by atoms with Gasteiger partial charge in [0.1, 0.15) is 23.0 Å². The highest BCUT2D eigenvalue weighted by molar-refractivity contribution is 6.33. The zero-order valence-electron chi connectivity index (χ0n) is 14.2. The molecule has 7 heteroatoms. The van der Waals surface area contributed by atoms with E-state index in [1.807, 2.05) is 0 Å². The van der Waals surface area contributed by atoms with Gasteiger partial charge in [0, 0.05) is 17.0 Å². The number of nitrogens with zero attached hydrogens (tertiary/aromatic N) is 1. The van der Waals surface area contributed by atoms with Crippen LogP contribution in [0.2, 0.25) is 5.02 Å². The van der Waals surface area contributed by atoms with Gasteiger partial charge in [0.25, 0.3) is 0 Å². The van der Waals surface area contributed by atoms with Crippen molar-refractivity contribution < 1.29 is 17.9 Å². The second-order valence-corrected chi connectivity index (χ2v) is 7.22. The lowest BCUT2D eigenvalue weighted by atomic mass is 10.0. The number of fused-ring (bicyclic) bond motifs is 5. The number of rotatable bonds is 1. The number of aryl methyl sites for hydroxylation is 1. The van der Waals surface area contributed by atoms with Crippen molar-refractivity contribution in [3.63, 3.8) is 0 Å². The highest BCUT2D eigenvalue weighted by Gasteiger charge is 2.29. The van der Waals surface area contributed by atoms with Crippen molar-refractivity contribution in [2.45, 2.75) is 25.8 Å². The first-order valence-corrected chi connectivity index (χ1v) is 9.03. The molecule has 0 fully saturated rings. The van der Waals surface area contributed by atoms with Crippen LogP contribution in [0.25, 0.3) is 11.0 Å². The first-order chi connectivity index (χ1) is 13.0. The van der Waals surface area contributed by atoms with Crippen LogP contribution in [0, 0.1) is 11.6 Å². The van der Waals surface area contributed by atoms with E-state index in [0.717, 1.165) is 29.9 Å². The lowest BCUT2D eigenvalue weighted by molar-refractivity contribution is 0.287. The lowest BCUT2D eigenvalue weighted by Gasteiger charge is -2.31.